The molecule has 9 heteroatoms. The van der Waals surface area contributed by atoms with Gasteiger partial charge in [-0.3, -0.25) is 0 Å². The van der Waals surface area contributed by atoms with Crippen LogP contribution in [-0.4, -0.2) is 28.2 Å². The zero-order chi connectivity index (χ0) is 23.8. The summed E-state index contributed by atoms with van der Waals surface area (Å²) in [6.07, 6.45) is -1.19. The Labute approximate surface area is 193 Å². The molecular weight excluding hydrogens is 445 g/mol. The lowest BCUT2D eigenvalue weighted by Crippen LogP contribution is -2.15. The van der Waals surface area contributed by atoms with Gasteiger partial charge in [0, 0.05) is 17.3 Å². The highest BCUT2D eigenvalue weighted by Crippen LogP contribution is 2.36. The molecule has 0 amide bonds. The van der Waals surface area contributed by atoms with Crippen molar-refractivity contribution < 1.29 is 22.6 Å². The maximum absolute atomic E-state index is 14.7. The lowest BCUT2D eigenvalue weighted by atomic mass is 10.0. The number of nitrogens with one attached hydrogen (secondary N) is 1. The summed E-state index contributed by atoms with van der Waals surface area (Å²) in [6, 6.07) is 10.9. The van der Waals surface area contributed by atoms with Gasteiger partial charge in [0.1, 0.15) is 30.7 Å². The molecule has 1 aliphatic heterocycles. The van der Waals surface area contributed by atoms with E-state index in [0.29, 0.717) is 47.4 Å². The molecule has 0 fully saturated rings. The lowest BCUT2D eigenvalue weighted by Gasteiger charge is -2.19. The monoisotopic (exact) mass is 466 g/mol. The maximum atomic E-state index is 14.7. The van der Waals surface area contributed by atoms with Crippen molar-refractivity contribution in [3.05, 3.63) is 71.4 Å². The molecule has 0 radical (unpaired) electrons. The second-order valence-corrected chi connectivity index (χ2v) is 7.99. The van der Waals surface area contributed by atoms with Crippen LogP contribution in [0.2, 0.25) is 0 Å². The zero-order valence-corrected chi connectivity index (χ0v) is 18.5. The van der Waals surface area contributed by atoms with Crippen molar-refractivity contribution in [3.63, 3.8) is 0 Å². The van der Waals surface area contributed by atoms with Crippen LogP contribution >= 0.6 is 0 Å². The van der Waals surface area contributed by atoms with Crippen LogP contribution in [0, 0.1) is 12.7 Å². The summed E-state index contributed by atoms with van der Waals surface area (Å²) < 4.78 is 52.3. The summed E-state index contributed by atoms with van der Waals surface area (Å²) in [5.74, 6) is 1.33. The van der Waals surface area contributed by atoms with Crippen molar-refractivity contribution in [2.24, 2.45) is 0 Å². The van der Waals surface area contributed by atoms with Crippen LogP contribution < -0.4 is 14.8 Å². The van der Waals surface area contributed by atoms with E-state index in [-0.39, 0.29) is 5.56 Å². The van der Waals surface area contributed by atoms with E-state index in [4.69, 9.17) is 9.47 Å². The third kappa shape index (κ3) is 4.09. The van der Waals surface area contributed by atoms with Gasteiger partial charge in [-0.25, -0.2) is 28.1 Å². The summed E-state index contributed by atoms with van der Waals surface area (Å²) >= 11 is 0. The number of pyridine rings is 1. The van der Waals surface area contributed by atoms with Crippen molar-refractivity contribution in [1.82, 2.24) is 15.0 Å². The van der Waals surface area contributed by atoms with E-state index in [1.807, 2.05) is 24.3 Å². The summed E-state index contributed by atoms with van der Waals surface area (Å²) in [6.45, 7) is 4.40. The normalized spacial score (nSPS) is 13.8. The van der Waals surface area contributed by atoms with Crippen LogP contribution in [0.3, 0.4) is 0 Å². The Morgan fingerprint density at radius 2 is 1.71 bits per heavy atom. The van der Waals surface area contributed by atoms with Crippen LogP contribution in [0.15, 0.2) is 48.7 Å². The van der Waals surface area contributed by atoms with Gasteiger partial charge in [-0.2, -0.15) is 0 Å². The fourth-order valence-corrected chi connectivity index (χ4v) is 3.97. The van der Waals surface area contributed by atoms with Gasteiger partial charge in [-0.15, -0.1) is 0 Å². The standard InChI is InChI=1S/C25H21F3N4O2/c1-13(17-4-3-5-18(22(17)26)23(27)28)30-25-19-10-16(12-29-24(19)31-14(2)32-25)15-6-7-20-21(11-15)34-9-8-33-20/h3-7,10-13,23H,8-9H2,1-2H3,(H,29,30,31,32). The Hall–Kier alpha value is -3.88. The molecule has 6 nitrogen and oxygen atoms in total. The number of fused-ring (bicyclic) bond motifs is 2. The van der Waals surface area contributed by atoms with Crippen molar-refractivity contribution in [2.45, 2.75) is 26.3 Å². The lowest BCUT2D eigenvalue weighted by molar-refractivity contribution is 0.146. The smallest absolute Gasteiger partial charge is 0.266 e. The fourth-order valence-electron chi connectivity index (χ4n) is 3.97. The number of halogens is 3. The highest BCUT2D eigenvalue weighted by molar-refractivity contribution is 5.90. The van der Waals surface area contributed by atoms with Gasteiger partial charge >= 0.3 is 0 Å². The molecule has 1 aliphatic rings. The third-order valence-corrected chi connectivity index (χ3v) is 5.65. The highest BCUT2D eigenvalue weighted by Gasteiger charge is 2.21. The van der Waals surface area contributed by atoms with Gasteiger partial charge < -0.3 is 14.8 Å². The summed E-state index contributed by atoms with van der Waals surface area (Å²) in [7, 11) is 0. The molecule has 0 saturated heterocycles. The second kappa shape index (κ2) is 8.81. The van der Waals surface area contributed by atoms with E-state index in [0.717, 1.165) is 17.2 Å². The van der Waals surface area contributed by atoms with E-state index < -0.39 is 23.8 Å². The molecule has 34 heavy (non-hydrogen) atoms. The Morgan fingerprint density at radius 1 is 0.941 bits per heavy atom. The van der Waals surface area contributed by atoms with Gasteiger partial charge in [-0.05, 0) is 37.6 Å². The predicted octanol–water partition coefficient (Wildman–Crippen LogP) is 6.02. The van der Waals surface area contributed by atoms with E-state index in [2.05, 4.69) is 20.3 Å². The van der Waals surface area contributed by atoms with Crippen molar-refractivity contribution in [1.29, 1.82) is 0 Å². The maximum Gasteiger partial charge on any atom is 0.266 e. The first-order chi connectivity index (χ1) is 16.4. The van der Waals surface area contributed by atoms with E-state index in [1.165, 1.54) is 12.1 Å². The van der Waals surface area contributed by atoms with Gasteiger partial charge in [0.05, 0.1) is 17.0 Å². The third-order valence-electron chi connectivity index (χ3n) is 5.65. The molecule has 3 heterocycles. The molecule has 1 atom stereocenters. The largest absolute Gasteiger partial charge is 0.486 e. The summed E-state index contributed by atoms with van der Waals surface area (Å²) in [5.41, 5.74) is 1.63. The van der Waals surface area contributed by atoms with E-state index in [9.17, 15) is 13.2 Å². The van der Waals surface area contributed by atoms with E-state index >= 15 is 0 Å². The quantitative estimate of drug-likeness (QED) is 0.388. The minimum atomic E-state index is -2.90. The number of ether oxygens (including phenoxy) is 2. The molecule has 174 valence electrons. The minimum absolute atomic E-state index is 0.123. The topological polar surface area (TPSA) is 69.2 Å². The molecule has 1 N–H and O–H groups in total. The van der Waals surface area contributed by atoms with Gasteiger partial charge in [-0.1, -0.05) is 24.3 Å². The number of aromatic nitrogens is 3. The van der Waals surface area contributed by atoms with Crippen molar-refractivity contribution in [2.75, 3.05) is 18.5 Å². The first-order valence-corrected chi connectivity index (χ1v) is 10.8. The van der Waals surface area contributed by atoms with Crippen molar-refractivity contribution in [3.8, 4) is 22.6 Å². The molecule has 0 bridgehead atoms. The average Bonchev–Trinajstić information content (AvgIpc) is 2.83. The van der Waals surface area contributed by atoms with Crippen LogP contribution in [-0.2, 0) is 0 Å². The molecule has 0 saturated carbocycles. The van der Waals surface area contributed by atoms with E-state index in [1.54, 1.807) is 20.0 Å². The SMILES string of the molecule is Cc1nc(NC(C)c2cccc(C(F)F)c2F)c2cc(-c3ccc4c(c3)OCCO4)cnc2n1. The molecule has 0 spiro atoms. The summed E-state index contributed by atoms with van der Waals surface area (Å²) in [4.78, 5) is 13.4. The minimum Gasteiger partial charge on any atom is -0.486 e. The number of aryl methyl sites for hydroxylation is 1. The Morgan fingerprint density at radius 3 is 2.50 bits per heavy atom. The molecule has 4 aromatic rings. The highest BCUT2D eigenvalue weighted by atomic mass is 19.3. The molecule has 2 aromatic heterocycles. The number of nitrogens with zero attached hydrogens (tertiary/aromatic N) is 3. The average molecular weight is 466 g/mol. The van der Waals surface area contributed by atoms with Crippen LogP contribution in [0.4, 0.5) is 19.0 Å². The van der Waals surface area contributed by atoms with Gasteiger partial charge in [0.2, 0.25) is 0 Å². The van der Waals surface area contributed by atoms with Gasteiger partial charge in [0.15, 0.2) is 17.1 Å². The zero-order valence-electron chi connectivity index (χ0n) is 18.5. The Kier molecular flexibility index (Phi) is 5.69. The molecule has 2 aromatic carbocycles. The number of benzene rings is 2. The predicted molar refractivity (Wildman–Crippen MR) is 122 cm³/mol. The summed E-state index contributed by atoms with van der Waals surface area (Å²) in [5, 5.41) is 3.78. The number of rotatable bonds is 5. The molecule has 1 unspecified atom stereocenters. The van der Waals surface area contributed by atoms with Crippen LogP contribution in [0.25, 0.3) is 22.2 Å². The fraction of sp³-hybridized carbons (Fsp3) is 0.240. The number of anilines is 1. The van der Waals surface area contributed by atoms with Crippen molar-refractivity contribution >= 4 is 16.9 Å². The molecule has 5 rings (SSSR count). The number of hydrogen-bond donors (Lipinski definition) is 1. The second-order valence-electron chi connectivity index (χ2n) is 7.99. The van der Waals surface area contributed by atoms with Crippen LogP contribution in [0.1, 0.15) is 36.3 Å². The number of alkyl halides is 2. The molecular formula is C25H21F3N4O2. The molecule has 0 aliphatic carbocycles. The Balaban J connectivity index is 1.53. The Bertz CT molecular complexity index is 1380. The first-order valence-electron chi connectivity index (χ1n) is 10.8. The first kappa shape index (κ1) is 21.9. The number of hydrogen-bond acceptors (Lipinski definition) is 6. The van der Waals surface area contributed by atoms with Gasteiger partial charge in [0.25, 0.3) is 6.43 Å². The van der Waals surface area contributed by atoms with Crippen LogP contribution in [0.5, 0.6) is 11.5 Å².